The molecule has 0 amide bonds. The van der Waals surface area contributed by atoms with E-state index in [9.17, 15) is 0 Å². The molecule has 0 fully saturated rings. The lowest BCUT2D eigenvalue weighted by atomic mass is 10.2. The molecule has 2 aromatic carbocycles. The van der Waals surface area contributed by atoms with E-state index in [4.69, 9.17) is 12.2 Å². The summed E-state index contributed by atoms with van der Waals surface area (Å²) in [6, 6.07) is 20.3. The van der Waals surface area contributed by atoms with E-state index >= 15 is 0 Å². The predicted octanol–water partition coefficient (Wildman–Crippen LogP) is 3.53. The lowest BCUT2D eigenvalue weighted by Gasteiger charge is -2.18. The minimum atomic E-state index is 0.758. The highest BCUT2D eigenvalue weighted by molar-refractivity contribution is 7.79. The number of rotatable bonds is 4. The van der Waals surface area contributed by atoms with Crippen molar-refractivity contribution in [1.29, 1.82) is 0 Å². The highest BCUT2D eigenvalue weighted by Crippen LogP contribution is 2.14. The summed E-state index contributed by atoms with van der Waals surface area (Å²) in [5.41, 5.74) is 5.08. The van der Waals surface area contributed by atoms with Gasteiger partial charge >= 0.3 is 0 Å². The van der Waals surface area contributed by atoms with E-state index in [-0.39, 0.29) is 0 Å². The van der Waals surface area contributed by atoms with Gasteiger partial charge in [-0.2, -0.15) is 0 Å². The molecule has 0 spiro atoms. The van der Waals surface area contributed by atoms with E-state index in [1.807, 2.05) is 53.4 Å². The van der Waals surface area contributed by atoms with Crippen molar-refractivity contribution in [1.82, 2.24) is 0 Å². The fraction of sp³-hybridized carbons (Fsp3) is 0.0714. The number of nitrogens with zero attached hydrogens (tertiary/aromatic N) is 1. The fourth-order valence-corrected chi connectivity index (χ4v) is 1.72. The molecule has 0 N–H and O–H groups in total. The Morgan fingerprint density at radius 1 is 0.875 bits per heavy atom. The lowest BCUT2D eigenvalue weighted by molar-refractivity contribution is 1.03. The van der Waals surface area contributed by atoms with E-state index in [0.29, 0.717) is 0 Å². The first-order valence-corrected chi connectivity index (χ1v) is 5.55. The van der Waals surface area contributed by atoms with Crippen molar-refractivity contribution < 1.29 is 0 Å². The van der Waals surface area contributed by atoms with Crippen molar-refractivity contribution in [3.05, 3.63) is 66.2 Å². The van der Waals surface area contributed by atoms with Crippen molar-refractivity contribution in [3.63, 3.8) is 0 Å². The average Bonchev–Trinajstić information content (AvgIpc) is 2.38. The number of benzene rings is 2. The van der Waals surface area contributed by atoms with Gasteiger partial charge in [0.15, 0.2) is 0 Å². The van der Waals surface area contributed by atoms with E-state index in [1.54, 1.807) is 0 Å². The summed E-state index contributed by atoms with van der Waals surface area (Å²) >= 11 is 4.93. The Labute approximate surface area is 101 Å². The molecule has 0 aliphatic heterocycles. The number of hydrogen-bond acceptors (Lipinski definition) is 1. The van der Waals surface area contributed by atoms with Crippen molar-refractivity contribution in [2.75, 3.05) is 4.90 Å². The molecule has 0 aliphatic carbocycles. The molecule has 2 heteroatoms. The third-order valence-corrected chi connectivity index (χ3v) is 2.58. The van der Waals surface area contributed by atoms with E-state index in [1.165, 1.54) is 5.56 Å². The van der Waals surface area contributed by atoms with Gasteiger partial charge in [0.1, 0.15) is 5.49 Å². The second kappa shape index (κ2) is 5.42. The molecule has 0 saturated heterocycles. The van der Waals surface area contributed by atoms with Gasteiger partial charge in [-0.05, 0) is 17.7 Å². The minimum Gasteiger partial charge on any atom is -0.326 e. The molecule has 0 atom stereocenters. The SMILES string of the molecule is S=[C]N(Cc1ccccc1)c1ccccc1. The van der Waals surface area contributed by atoms with Crippen LogP contribution in [0.5, 0.6) is 0 Å². The summed E-state index contributed by atoms with van der Waals surface area (Å²) in [7, 11) is 0. The zero-order valence-corrected chi connectivity index (χ0v) is 9.65. The third-order valence-electron chi connectivity index (χ3n) is 2.36. The maximum Gasteiger partial charge on any atom is 0.142 e. The summed E-state index contributed by atoms with van der Waals surface area (Å²) in [5, 5.41) is 0. The van der Waals surface area contributed by atoms with Gasteiger partial charge in [0.05, 0.1) is 0 Å². The first-order valence-electron chi connectivity index (χ1n) is 5.14. The Morgan fingerprint density at radius 2 is 1.44 bits per heavy atom. The van der Waals surface area contributed by atoms with Gasteiger partial charge < -0.3 is 4.90 Å². The molecule has 16 heavy (non-hydrogen) atoms. The van der Waals surface area contributed by atoms with Crippen molar-refractivity contribution in [2.45, 2.75) is 6.54 Å². The Kier molecular flexibility index (Phi) is 3.67. The summed E-state index contributed by atoms with van der Waals surface area (Å²) in [5.74, 6) is 0. The predicted molar refractivity (Wildman–Crippen MR) is 71.7 cm³/mol. The van der Waals surface area contributed by atoms with Crippen molar-refractivity contribution >= 4 is 23.4 Å². The molecule has 2 aromatic rings. The maximum atomic E-state index is 4.93. The maximum absolute atomic E-state index is 4.93. The van der Waals surface area contributed by atoms with Crippen LogP contribution < -0.4 is 4.90 Å². The zero-order chi connectivity index (χ0) is 11.2. The lowest BCUT2D eigenvalue weighted by Crippen LogP contribution is -2.18. The molecule has 0 aliphatic rings. The highest BCUT2D eigenvalue weighted by atomic mass is 32.1. The molecule has 1 nitrogen and oxygen atoms in total. The van der Waals surface area contributed by atoms with Gasteiger partial charge in [-0.3, -0.25) is 0 Å². The summed E-state index contributed by atoms with van der Waals surface area (Å²) in [4.78, 5) is 1.94. The van der Waals surface area contributed by atoms with Crippen LogP contribution >= 0.6 is 12.2 Å². The first kappa shape index (κ1) is 10.8. The molecule has 0 heterocycles. The summed E-state index contributed by atoms with van der Waals surface area (Å²) in [6.45, 7) is 0.758. The average molecular weight is 226 g/mol. The van der Waals surface area contributed by atoms with Crippen LogP contribution in [0.3, 0.4) is 0 Å². The monoisotopic (exact) mass is 226 g/mol. The molecule has 0 unspecified atom stereocenters. The molecule has 0 saturated carbocycles. The van der Waals surface area contributed by atoms with Gasteiger partial charge in [0, 0.05) is 12.2 Å². The van der Waals surface area contributed by atoms with Crippen LogP contribution in [0, 0.1) is 0 Å². The van der Waals surface area contributed by atoms with Crippen molar-refractivity contribution in [3.8, 4) is 0 Å². The Balaban J connectivity index is 2.16. The van der Waals surface area contributed by atoms with Gasteiger partial charge in [-0.1, -0.05) is 60.7 Å². The van der Waals surface area contributed by atoms with Crippen LogP contribution in [0.4, 0.5) is 5.69 Å². The normalized spacial score (nSPS) is 9.75. The second-order valence-corrected chi connectivity index (χ2v) is 3.68. The number of hydrogen-bond donors (Lipinski definition) is 0. The molecular weight excluding hydrogens is 214 g/mol. The number of thiocarbonyl (C=S) groups is 1. The topological polar surface area (TPSA) is 3.24 Å². The van der Waals surface area contributed by atoms with Gasteiger partial charge in [0.2, 0.25) is 0 Å². The largest absolute Gasteiger partial charge is 0.326 e. The van der Waals surface area contributed by atoms with E-state index < -0.39 is 0 Å². The summed E-state index contributed by atoms with van der Waals surface area (Å²) in [6.07, 6.45) is 0. The van der Waals surface area contributed by atoms with Crippen LogP contribution in [0.1, 0.15) is 5.56 Å². The standard InChI is InChI=1S/C14H12NS/c16-12-15(14-9-5-2-6-10-14)11-13-7-3-1-4-8-13/h1-10H,11H2. The molecular formula is C14H12NS. The Morgan fingerprint density at radius 3 is 2.00 bits per heavy atom. The van der Waals surface area contributed by atoms with Crippen molar-refractivity contribution in [2.24, 2.45) is 0 Å². The Bertz CT molecular complexity index is 439. The van der Waals surface area contributed by atoms with E-state index in [2.05, 4.69) is 17.6 Å². The fourth-order valence-electron chi connectivity index (χ4n) is 1.55. The Hall–Kier alpha value is -1.67. The van der Waals surface area contributed by atoms with Crippen LogP contribution in [0.15, 0.2) is 60.7 Å². The minimum absolute atomic E-state index is 0.758. The molecule has 1 radical (unpaired) electrons. The number of anilines is 1. The number of para-hydroxylation sites is 1. The van der Waals surface area contributed by atoms with Crippen LogP contribution in [-0.2, 0) is 6.54 Å². The highest BCUT2D eigenvalue weighted by Gasteiger charge is 2.03. The van der Waals surface area contributed by atoms with Crippen LogP contribution in [-0.4, -0.2) is 5.49 Å². The first-order chi connectivity index (χ1) is 7.90. The zero-order valence-electron chi connectivity index (χ0n) is 8.84. The summed E-state index contributed by atoms with van der Waals surface area (Å²) < 4.78 is 0. The van der Waals surface area contributed by atoms with E-state index in [0.717, 1.165) is 12.2 Å². The van der Waals surface area contributed by atoms with Gasteiger partial charge in [-0.25, -0.2) is 0 Å². The quantitative estimate of drug-likeness (QED) is 0.579. The van der Waals surface area contributed by atoms with Gasteiger partial charge in [0.25, 0.3) is 0 Å². The molecule has 0 aromatic heterocycles. The third kappa shape index (κ3) is 2.67. The molecule has 2 rings (SSSR count). The van der Waals surface area contributed by atoms with Crippen LogP contribution in [0.25, 0.3) is 0 Å². The van der Waals surface area contributed by atoms with Crippen LogP contribution in [0.2, 0.25) is 0 Å². The molecule has 0 bridgehead atoms. The molecule has 79 valence electrons. The van der Waals surface area contributed by atoms with Gasteiger partial charge in [-0.15, -0.1) is 0 Å². The second-order valence-electron chi connectivity index (χ2n) is 3.50. The smallest absolute Gasteiger partial charge is 0.142 e.